The van der Waals surface area contributed by atoms with Gasteiger partial charge >= 0.3 is 0 Å². The van der Waals surface area contributed by atoms with Gasteiger partial charge in [0.1, 0.15) is 0 Å². The fraction of sp³-hybridized carbons (Fsp3) is 0.533. The number of halogens is 1. The molecule has 0 saturated heterocycles. The Morgan fingerprint density at radius 3 is 2.61 bits per heavy atom. The highest BCUT2D eigenvalue weighted by molar-refractivity contribution is 7.89. The number of anilines is 1. The van der Waals surface area contributed by atoms with Crippen LogP contribution in [0.1, 0.15) is 25.3 Å². The number of carbonyl (C=O) groups excluding carboxylic acids is 1. The van der Waals surface area contributed by atoms with Gasteiger partial charge in [-0.05, 0) is 30.5 Å². The second kappa shape index (κ2) is 7.61. The molecule has 0 spiro atoms. The number of hydrogen-bond acceptors (Lipinski definition) is 4. The maximum absolute atomic E-state index is 12.4. The van der Waals surface area contributed by atoms with Crippen molar-refractivity contribution >= 4 is 34.0 Å². The molecular weight excluding hydrogens is 338 g/mol. The van der Waals surface area contributed by atoms with E-state index in [2.05, 4.69) is 0 Å². The number of fused-ring (bicyclic) bond motifs is 1. The summed E-state index contributed by atoms with van der Waals surface area (Å²) < 4.78 is 25.7. The van der Waals surface area contributed by atoms with Crippen LogP contribution >= 0.6 is 12.4 Å². The Morgan fingerprint density at radius 1 is 1.39 bits per heavy atom. The molecule has 0 bridgehead atoms. The predicted octanol–water partition coefficient (Wildman–Crippen LogP) is 1.38. The first-order valence-corrected chi connectivity index (χ1v) is 8.85. The lowest BCUT2D eigenvalue weighted by Crippen LogP contribution is -2.43. The number of hydrogen-bond donors (Lipinski definition) is 1. The van der Waals surface area contributed by atoms with Crippen LogP contribution in [0.4, 0.5) is 5.69 Å². The minimum atomic E-state index is -3.51. The highest BCUT2D eigenvalue weighted by Gasteiger charge is 2.29. The van der Waals surface area contributed by atoms with Crippen molar-refractivity contribution in [2.24, 2.45) is 5.73 Å². The number of carbonyl (C=O) groups is 1. The Hall–Kier alpha value is -1.15. The van der Waals surface area contributed by atoms with E-state index in [9.17, 15) is 13.2 Å². The lowest BCUT2D eigenvalue weighted by Gasteiger charge is -2.22. The molecule has 1 aliphatic heterocycles. The SMILES string of the molecule is CCCC(N)C(=O)N1CCc2ccc(S(=O)(=O)N(C)C)cc21.Cl. The van der Waals surface area contributed by atoms with Crippen molar-refractivity contribution in [3.8, 4) is 0 Å². The summed E-state index contributed by atoms with van der Waals surface area (Å²) in [5.74, 6) is -0.139. The number of sulfonamides is 1. The van der Waals surface area contributed by atoms with Crippen LogP contribution in [0.5, 0.6) is 0 Å². The molecule has 8 heteroatoms. The summed E-state index contributed by atoms with van der Waals surface area (Å²) in [6, 6.07) is 4.41. The average Bonchev–Trinajstić information content (AvgIpc) is 2.89. The first-order valence-electron chi connectivity index (χ1n) is 7.41. The highest BCUT2D eigenvalue weighted by atomic mass is 35.5. The van der Waals surface area contributed by atoms with Crippen molar-refractivity contribution in [3.63, 3.8) is 0 Å². The molecule has 0 fully saturated rings. The Morgan fingerprint density at radius 2 is 2.04 bits per heavy atom. The van der Waals surface area contributed by atoms with Crippen molar-refractivity contribution in [1.82, 2.24) is 4.31 Å². The zero-order valence-corrected chi connectivity index (χ0v) is 15.3. The summed E-state index contributed by atoms with van der Waals surface area (Å²) in [5.41, 5.74) is 7.57. The topological polar surface area (TPSA) is 83.7 Å². The van der Waals surface area contributed by atoms with Crippen molar-refractivity contribution in [2.45, 2.75) is 37.1 Å². The van der Waals surface area contributed by atoms with Crippen LogP contribution < -0.4 is 10.6 Å². The second-order valence-electron chi connectivity index (χ2n) is 5.71. The van der Waals surface area contributed by atoms with Crippen LogP contribution in [-0.2, 0) is 21.2 Å². The molecule has 130 valence electrons. The lowest BCUT2D eigenvalue weighted by atomic mass is 10.1. The average molecular weight is 362 g/mol. The van der Waals surface area contributed by atoms with Crippen LogP contribution in [0.3, 0.4) is 0 Å². The fourth-order valence-electron chi connectivity index (χ4n) is 2.59. The summed E-state index contributed by atoms with van der Waals surface area (Å²) in [6.07, 6.45) is 2.19. The van der Waals surface area contributed by atoms with Gasteiger partial charge in [0, 0.05) is 26.3 Å². The summed E-state index contributed by atoms with van der Waals surface area (Å²) >= 11 is 0. The maximum Gasteiger partial charge on any atom is 0.243 e. The van der Waals surface area contributed by atoms with E-state index in [4.69, 9.17) is 5.73 Å². The minimum Gasteiger partial charge on any atom is -0.320 e. The molecule has 1 atom stereocenters. The van der Waals surface area contributed by atoms with Crippen molar-refractivity contribution in [2.75, 3.05) is 25.5 Å². The molecule has 6 nitrogen and oxygen atoms in total. The normalized spacial score (nSPS) is 15.3. The van der Waals surface area contributed by atoms with Gasteiger partial charge in [-0.25, -0.2) is 12.7 Å². The quantitative estimate of drug-likeness (QED) is 0.858. The number of amides is 1. The van der Waals surface area contributed by atoms with E-state index in [1.54, 1.807) is 23.1 Å². The van der Waals surface area contributed by atoms with Gasteiger partial charge in [0.2, 0.25) is 15.9 Å². The Balaban J connectivity index is 0.00000264. The summed E-state index contributed by atoms with van der Waals surface area (Å²) in [7, 11) is -0.536. The van der Waals surface area contributed by atoms with E-state index in [0.717, 1.165) is 18.4 Å². The Labute approximate surface area is 144 Å². The maximum atomic E-state index is 12.4. The zero-order chi connectivity index (χ0) is 16.5. The van der Waals surface area contributed by atoms with Gasteiger partial charge in [0.15, 0.2) is 0 Å². The van der Waals surface area contributed by atoms with Crippen LogP contribution in [0, 0.1) is 0 Å². The third-order valence-corrected chi connectivity index (χ3v) is 5.72. The van der Waals surface area contributed by atoms with Gasteiger partial charge in [0.05, 0.1) is 10.9 Å². The molecule has 0 saturated carbocycles. The van der Waals surface area contributed by atoms with E-state index in [0.29, 0.717) is 18.7 Å². The smallest absolute Gasteiger partial charge is 0.243 e. The molecule has 2 N–H and O–H groups in total. The number of benzene rings is 1. The third kappa shape index (κ3) is 3.85. The van der Waals surface area contributed by atoms with Crippen LogP contribution in [0.15, 0.2) is 23.1 Å². The van der Waals surface area contributed by atoms with Gasteiger partial charge in [-0.2, -0.15) is 0 Å². The largest absolute Gasteiger partial charge is 0.320 e. The van der Waals surface area contributed by atoms with E-state index >= 15 is 0 Å². The molecule has 1 amide bonds. The Kier molecular flexibility index (Phi) is 6.59. The first kappa shape index (κ1) is 19.9. The zero-order valence-electron chi connectivity index (χ0n) is 13.7. The summed E-state index contributed by atoms with van der Waals surface area (Å²) in [5, 5.41) is 0. The Bertz CT molecular complexity index is 677. The fourth-order valence-corrected chi connectivity index (χ4v) is 3.52. The molecule has 1 unspecified atom stereocenters. The van der Waals surface area contributed by atoms with Crippen molar-refractivity contribution in [3.05, 3.63) is 23.8 Å². The lowest BCUT2D eigenvalue weighted by molar-refractivity contribution is -0.119. The van der Waals surface area contributed by atoms with E-state index in [1.807, 2.05) is 6.92 Å². The molecule has 1 aliphatic rings. The summed E-state index contributed by atoms with van der Waals surface area (Å²) in [4.78, 5) is 14.2. The third-order valence-electron chi connectivity index (χ3n) is 3.91. The molecule has 1 aromatic carbocycles. The van der Waals surface area contributed by atoms with Gasteiger partial charge < -0.3 is 10.6 Å². The van der Waals surface area contributed by atoms with Crippen LogP contribution in [0.25, 0.3) is 0 Å². The molecular formula is C15H24ClN3O3S. The number of nitrogens with two attached hydrogens (primary N) is 1. The van der Waals surface area contributed by atoms with Gasteiger partial charge in [-0.3, -0.25) is 4.79 Å². The van der Waals surface area contributed by atoms with Crippen molar-refractivity contribution in [1.29, 1.82) is 0 Å². The van der Waals surface area contributed by atoms with Crippen molar-refractivity contribution < 1.29 is 13.2 Å². The highest BCUT2D eigenvalue weighted by Crippen LogP contribution is 2.31. The van der Waals surface area contributed by atoms with E-state index in [1.165, 1.54) is 18.4 Å². The molecule has 0 radical (unpaired) electrons. The van der Waals surface area contributed by atoms with Gasteiger partial charge in [-0.15, -0.1) is 12.4 Å². The molecule has 0 aliphatic carbocycles. The minimum absolute atomic E-state index is 0. The van der Waals surface area contributed by atoms with E-state index < -0.39 is 16.1 Å². The van der Waals surface area contributed by atoms with Crippen LogP contribution in [-0.4, -0.2) is 45.3 Å². The number of nitrogens with zero attached hydrogens (tertiary/aromatic N) is 2. The predicted molar refractivity (Wildman–Crippen MR) is 93.5 cm³/mol. The van der Waals surface area contributed by atoms with Crippen LogP contribution in [0.2, 0.25) is 0 Å². The molecule has 0 aromatic heterocycles. The standard InChI is InChI=1S/C15H23N3O3S.ClH/c1-4-5-13(16)15(19)18-9-8-11-6-7-12(10-14(11)18)22(20,21)17(2)3;/h6-7,10,13H,4-5,8-9,16H2,1-3H3;1H. The summed E-state index contributed by atoms with van der Waals surface area (Å²) in [6.45, 7) is 2.53. The molecule has 23 heavy (non-hydrogen) atoms. The molecule has 1 heterocycles. The van der Waals surface area contributed by atoms with Gasteiger partial charge in [0.25, 0.3) is 0 Å². The number of rotatable bonds is 5. The van der Waals surface area contributed by atoms with Gasteiger partial charge in [-0.1, -0.05) is 19.4 Å². The molecule has 2 rings (SSSR count). The van der Waals surface area contributed by atoms with E-state index in [-0.39, 0.29) is 23.2 Å². The second-order valence-corrected chi connectivity index (χ2v) is 7.86. The first-order chi connectivity index (χ1) is 10.3. The monoisotopic (exact) mass is 361 g/mol. The molecule has 1 aromatic rings.